The molecule has 0 radical (unpaired) electrons. The van der Waals surface area contributed by atoms with Crippen LogP contribution in [0, 0.1) is 5.82 Å². The molecule has 26 heavy (non-hydrogen) atoms. The van der Waals surface area contributed by atoms with Crippen LogP contribution in [-0.2, 0) is 6.54 Å². The number of aryl methyl sites for hydroxylation is 1. The van der Waals surface area contributed by atoms with Crippen molar-refractivity contribution in [3.05, 3.63) is 48.1 Å². The normalized spacial score (nSPS) is 17.7. The highest BCUT2D eigenvalue weighted by Gasteiger charge is 2.28. The van der Waals surface area contributed by atoms with Crippen molar-refractivity contribution >= 4 is 5.91 Å². The largest absolute Gasteiger partial charge is 0.338 e. The quantitative estimate of drug-likeness (QED) is 0.795. The number of carbonyl (C=O) groups excluding carboxylic acids is 1. The van der Waals surface area contributed by atoms with E-state index in [1.54, 1.807) is 4.90 Å². The van der Waals surface area contributed by atoms with Crippen molar-refractivity contribution in [1.82, 2.24) is 24.3 Å². The number of aromatic nitrogens is 3. The Bertz CT molecular complexity index is 745. The van der Waals surface area contributed by atoms with Gasteiger partial charge in [0.05, 0.1) is 11.8 Å². The Morgan fingerprint density at radius 2 is 2.23 bits per heavy atom. The number of pyridine rings is 1. The smallest absolute Gasteiger partial charge is 0.255 e. The predicted octanol–water partition coefficient (Wildman–Crippen LogP) is 2.39. The standard InChI is InChI=1S/C19H26FN5O/c1-23(2)7-4-9-24-10-6-22-18(24)15-5-3-8-25(14-15)19(26)16-11-17(20)13-21-12-16/h6,10-13,15H,3-5,7-9,14H2,1-2H3/t15-/m0/s1. The Balaban J connectivity index is 1.67. The first kappa shape index (κ1) is 18.5. The maximum atomic E-state index is 13.4. The molecule has 1 fully saturated rings. The monoisotopic (exact) mass is 359 g/mol. The van der Waals surface area contributed by atoms with E-state index in [-0.39, 0.29) is 11.8 Å². The fourth-order valence-corrected chi connectivity index (χ4v) is 3.51. The number of carbonyl (C=O) groups is 1. The molecule has 3 heterocycles. The molecule has 1 aliphatic heterocycles. The highest BCUT2D eigenvalue weighted by molar-refractivity contribution is 5.94. The van der Waals surface area contributed by atoms with Crippen molar-refractivity contribution < 1.29 is 9.18 Å². The number of hydrogen-bond donors (Lipinski definition) is 0. The van der Waals surface area contributed by atoms with Crippen molar-refractivity contribution in [2.24, 2.45) is 0 Å². The van der Waals surface area contributed by atoms with Gasteiger partial charge in [0.2, 0.25) is 0 Å². The third-order valence-electron chi connectivity index (χ3n) is 4.78. The van der Waals surface area contributed by atoms with Gasteiger partial charge >= 0.3 is 0 Å². The van der Waals surface area contributed by atoms with Crippen LogP contribution in [0.4, 0.5) is 4.39 Å². The average Bonchev–Trinajstić information content (AvgIpc) is 3.09. The first-order valence-corrected chi connectivity index (χ1v) is 9.10. The van der Waals surface area contributed by atoms with Crippen molar-refractivity contribution in [1.29, 1.82) is 0 Å². The van der Waals surface area contributed by atoms with Crippen LogP contribution in [0.1, 0.15) is 41.4 Å². The van der Waals surface area contributed by atoms with Gasteiger partial charge < -0.3 is 14.4 Å². The first-order chi connectivity index (χ1) is 12.5. The summed E-state index contributed by atoms with van der Waals surface area (Å²) in [7, 11) is 4.14. The van der Waals surface area contributed by atoms with Gasteiger partial charge in [0.15, 0.2) is 0 Å². The van der Waals surface area contributed by atoms with Gasteiger partial charge in [0.1, 0.15) is 11.6 Å². The summed E-state index contributed by atoms with van der Waals surface area (Å²) in [6, 6.07) is 1.25. The van der Waals surface area contributed by atoms with Crippen molar-refractivity contribution in [3.63, 3.8) is 0 Å². The molecular weight excluding hydrogens is 333 g/mol. The summed E-state index contributed by atoms with van der Waals surface area (Å²) in [5, 5.41) is 0. The minimum absolute atomic E-state index is 0.160. The Labute approximate surface area is 153 Å². The Kier molecular flexibility index (Phi) is 5.98. The summed E-state index contributed by atoms with van der Waals surface area (Å²) >= 11 is 0. The molecule has 1 aliphatic rings. The summed E-state index contributed by atoms with van der Waals surface area (Å²) in [5.41, 5.74) is 0.306. The predicted molar refractivity (Wildman–Crippen MR) is 97.5 cm³/mol. The Hall–Kier alpha value is -2.28. The molecule has 0 bridgehead atoms. The highest BCUT2D eigenvalue weighted by atomic mass is 19.1. The van der Waals surface area contributed by atoms with Gasteiger partial charge in [0.25, 0.3) is 5.91 Å². The van der Waals surface area contributed by atoms with Crippen molar-refractivity contribution in [3.8, 4) is 0 Å². The van der Waals surface area contributed by atoms with Gasteiger partial charge in [-0.15, -0.1) is 0 Å². The Morgan fingerprint density at radius 3 is 3.00 bits per heavy atom. The molecule has 1 saturated heterocycles. The third kappa shape index (κ3) is 4.46. The third-order valence-corrected chi connectivity index (χ3v) is 4.78. The average molecular weight is 359 g/mol. The lowest BCUT2D eigenvalue weighted by atomic mass is 9.96. The van der Waals surface area contributed by atoms with Crippen LogP contribution in [0.15, 0.2) is 30.9 Å². The molecule has 140 valence electrons. The van der Waals surface area contributed by atoms with E-state index < -0.39 is 5.82 Å². The highest BCUT2D eigenvalue weighted by Crippen LogP contribution is 2.27. The SMILES string of the molecule is CN(C)CCCn1ccnc1[C@H]1CCCN(C(=O)c2cncc(F)c2)C1. The second-order valence-corrected chi connectivity index (χ2v) is 7.12. The molecular formula is C19H26FN5O. The number of likely N-dealkylation sites (tertiary alicyclic amines) is 1. The molecule has 0 N–H and O–H groups in total. The lowest BCUT2D eigenvalue weighted by Gasteiger charge is -2.32. The number of imidazole rings is 1. The van der Waals surface area contributed by atoms with Crippen molar-refractivity contribution in [2.75, 3.05) is 33.7 Å². The molecule has 2 aromatic rings. The van der Waals surface area contributed by atoms with Gasteiger partial charge in [-0.05, 0) is 46.0 Å². The first-order valence-electron chi connectivity index (χ1n) is 9.10. The number of halogens is 1. The minimum atomic E-state index is -0.485. The van der Waals surface area contributed by atoms with Gasteiger partial charge in [-0.3, -0.25) is 9.78 Å². The van der Waals surface area contributed by atoms with E-state index in [1.807, 2.05) is 12.4 Å². The van der Waals surface area contributed by atoms with Crippen LogP contribution in [0.2, 0.25) is 0 Å². The van der Waals surface area contributed by atoms with Crippen LogP contribution in [-0.4, -0.2) is 64.0 Å². The lowest BCUT2D eigenvalue weighted by Crippen LogP contribution is -2.39. The molecule has 0 spiro atoms. The Morgan fingerprint density at radius 1 is 1.38 bits per heavy atom. The summed E-state index contributed by atoms with van der Waals surface area (Å²) in [4.78, 5) is 25.0. The van der Waals surface area contributed by atoms with E-state index in [2.05, 4.69) is 33.5 Å². The summed E-state index contributed by atoms with van der Waals surface area (Å²) in [6.07, 6.45) is 9.38. The van der Waals surface area contributed by atoms with Gasteiger partial charge in [-0.1, -0.05) is 0 Å². The number of rotatable bonds is 6. The van der Waals surface area contributed by atoms with E-state index in [1.165, 1.54) is 12.3 Å². The van der Waals surface area contributed by atoms with E-state index in [4.69, 9.17) is 0 Å². The molecule has 0 unspecified atom stereocenters. The number of piperidine rings is 1. The van der Waals surface area contributed by atoms with E-state index in [0.717, 1.165) is 44.4 Å². The number of nitrogens with zero attached hydrogens (tertiary/aromatic N) is 5. The van der Waals surface area contributed by atoms with E-state index >= 15 is 0 Å². The number of amides is 1. The van der Waals surface area contributed by atoms with Gasteiger partial charge in [0, 0.05) is 44.1 Å². The second-order valence-electron chi connectivity index (χ2n) is 7.12. The van der Waals surface area contributed by atoms with Gasteiger partial charge in [-0.2, -0.15) is 0 Å². The lowest BCUT2D eigenvalue weighted by molar-refractivity contribution is 0.0702. The van der Waals surface area contributed by atoms with Crippen molar-refractivity contribution in [2.45, 2.75) is 31.7 Å². The fourth-order valence-electron chi connectivity index (χ4n) is 3.51. The molecule has 0 aromatic carbocycles. The number of hydrogen-bond acceptors (Lipinski definition) is 4. The minimum Gasteiger partial charge on any atom is -0.338 e. The van der Waals surface area contributed by atoms with Crippen LogP contribution >= 0.6 is 0 Å². The summed E-state index contributed by atoms with van der Waals surface area (Å²) in [5.74, 6) is 0.607. The van der Waals surface area contributed by atoms with Crippen LogP contribution in [0.5, 0.6) is 0 Å². The molecule has 2 aromatic heterocycles. The maximum Gasteiger partial charge on any atom is 0.255 e. The van der Waals surface area contributed by atoms with E-state index in [0.29, 0.717) is 18.7 Å². The summed E-state index contributed by atoms with van der Waals surface area (Å²) in [6.45, 7) is 3.25. The van der Waals surface area contributed by atoms with Crippen LogP contribution in [0.25, 0.3) is 0 Å². The zero-order valence-corrected chi connectivity index (χ0v) is 15.4. The zero-order valence-electron chi connectivity index (χ0n) is 15.4. The summed E-state index contributed by atoms with van der Waals surface area (Å²) < 4.78 is 15.6. The molecule has 0 saturated carbocycles. The fraction of sp³-hybridized carbons (Fsp3) is 0.526. The second kappa shape index (κ2) is 8.40. The molecule has 3 rings (SSSR count). The maximum absolute atomic E-state index is 13.4. The van der Waals surface area contributed by atoms with E-state index in [9.17, 15) is 9.18 Å². The zero-order chi connectivity index (χ0) is 18.5. The van der Waals surface area contributed by atoms with Crippen LogP contribution < -0.4 is 0 Å². The molecule has 7 heteroatoms. The molecule has 6 nitrogen and oxygen atoms in total. The topological polar surface area (TPSA) is 54.3 Å². The van der Waals surface area contributed by atoms with Gasteiger partial charge in [-0.25, -0.2) is 9.37 Å². The molecule has 1 amide bonds. The molecule has 0 aliphatic carbocycles. The molecule has 1 atom stereocenters. The van der Waals surface area contributed by atoms with Crippen LogP contribution in [0.3, 0.4) is 0 Å².